The number of amides is 1. The van der Waals surface area contributed by atoms with Crippen LogP contribution in [0.2, 0.25) is 0 Å². The van der Waals surface area contributed by atoms with E-state index in [1.54, 1.807) is 12.1 Å². The van der Waals surface area contributed by atoms with Crippen molar-refractivity contribution in [2.45, 2.75) is 20.8 Å². The van der Waals surface area contributed by atoms with Gasteiger partial charge in [-0.1, -0.05) is 42.8 Å². The zero-order valence-corrected chi connectivity index (χ0v) is 13.7. The fourth-order valence-corrected chi connectivity index (χ4v) is 1.88. The van der Waals surface area contributed by atoms with Gasteiger partial charge in [-0.2, -0.15) is 0 Å². The Morgan fingerprint density at radius 2 is 1.76 bits per heavy atom. The molecule has 1 aromatic carbocycles. The third-order valence-electron chi connectivity index (χ3n) is 2.68. The van der Waals surface area contributed by atoms with E-state index < -0.39 is 5.41 Å². The second kappa shape index (κ2) is 6.22. The molecule has 21 heavy (non-hydrogen) atoms. The normalized spacial score (nSPS) is 11.0. The van der Waals surface area contributed by atoms with Crippen molar-refractivity contribution in [3.05, 3.63) is 40.9 Å². The van der Waals surface area contributed by atoms with Crippen LogP contribution in [0.25, 0.3) is 0 Å². The fourth-order valence-electron chi connectivity index (χ4n) is 1.48. The lowest BCUT2D eigenvalue weighted by atomic mass is 9.96. The SMILES string of the molecule is CC(C)(C)C(=O)Nc1ccc(Nc2cccc(Br)c2)nn1. The Morgan fingerprint density at radius 1 is 1.10 bits per heavy atom. The summed E-state index contributed by atoms with van der Waals surface area (Å²) in [5, 5.41) is 13.9. The molecule has 0 bridgehead atoms. The van der Waals surface area contributed by atoms with Gasteiger partial charge in [0.25, 0.3) is 0 Å². The summed E-state index contributed by atoms with van der Waals surface area (Å²) >= 11 is 3.41. The molecule has 1 amide bonds. The van der Waals surface area contributed by atoms with E-state index in [0.717, 1.165) is 10.2 Å². The number of nitrogens with zero attached hydrogens (tertiary/aromatic N) is 2. The summed E-state index contributed by atoms with van der Waals surface area (Å²) in [6.45, 7) is 5.54. The van der Waals surface area contributed by atoms with Crippen molar-refractivity contribution in [1.82, 2.24) is 10.2 Å². The lowest BCUT2D eigenvalue weighted by Crippen LogP contribution is -2.28. The Bertz CT molecular complexity index is 635. The lowest BCUT2D eigenvalue weighted by Gasteiger charge is -2.16. The maximum Gasteiger partial charge on any atom is 0.230 e. The number of hydrogen-bond acceptors (Lipinski definition) is 4. The Kier molecular flexibility index (Phi) is 4.57. The number of rotatable bonds is 3. The zero-order valence-electron chi connectivity index (χ0n) is 12.1. The number of halogens is 1. The van der Waals surface area contributed by atoms with Crippen LogP contribution in [-0.2, 0) is 4.79 Å². The first-order valence-corrected chi connectivity index (χ1v) is 7.32. The van der Waals surface area contributed by atoms with Gasteiger partial charge >= 0.3 is 0 Å². The highest BCUT2D eigenvalue weighted by Crippen LogP contribution is 2.20. The van der Waals surface area contributed by atoms with Gasteiger partial charge in [0.05, 0.1) is 0 Å². The molecular weight excluding hydrogens is 332 g/mol. The molecule has 2 rings (SSSR count). The van der Waals surface area contributed by atoms with Crippen molar-refractivity contribution in [2.75, 3.05) is 10.6 Å². The summed E-state index contributed by atoms with van der Waals surface area (Å²) in [7, 11) is 0. The first kappa shape index (κ1) is 15.4. The maximum absolute atomic E-state index is 11.8. The minimum atomic E-state index is -0.463. The van der Waals surface area contributed by atoms with Crippen LogP contribution in [-0.4, -0.2) is 16.1 Å². The number of hydrogen-bond donors (Lipinski definition) is 2. The molecule has 0 saturated carbocycles. The van der Waals surface area contributed by atoms with E-state index in [9.17, 15) is 4.79 Å². The predicted octanol–water partition coefficient (Wildman–Crippen LogP) is 3.97. The largest absolute Gasteiger partial charge is 0.339 e. The number of aromatic nitrogens is 2. The van der Waals surface area contributed by atoms with Crippen molar-refractivity contribution < 1.29 is 4.79 Å². The first-order chi connectivity index (χ1) is 9.84. The van der Waals surface area contributed by atoms with E-state index in [0.29, 0.717) is 11.6 Å². The van der Waals surface area contributed by atoms with Gasteiger partial charge in [-0.15, -0.1) is 10.2 Å². The van der Waals surface area contributed by atoms with Crippen LogP contribution < -0.4 is 10.6 Å². The van der Waals surface area contributed by atoms with E-state index in [2.05, 4.69) is 36.8 Å². The number of anilines is 3. The first-order valence-electron chi connectivity index (χ1n) is 6.52. The zero-order chi connectivity index (χ0) is 15.5. The maximum atomic E-state index is 11.8. The van der Waals surface area contributed by atoms with Gasteiger partial charge in [-0.3, -0.25) is 4.79 Å². The molecule has 0 fully saturated rings. The summed E-state index contributed by atoms with van der Waals surface area (Å²) in [6.07, 6.45) is 0. The third-order valence-corrected chi connectivity index (χ3v) is 3.18. The van der Waals surface area contributed by atoms with Gasteiger partial charge in [0.2, 0.25) is 5.91 Å². The van der Waals surface area contributed by atoms with Gasteiger partial charge in [-0.25, -0.2) is 0 Å². The molecule has 110 valence electrons. The number of carbonyl (C=O) groups is 1. The highest BCUT2D eigenvalue weighted by molar-refractivity contribution is 9.10. The monoisotopic (exact) mass is 348 g/mol. The second-order valence-electron chi connectivity index (χ2n) is 5.64. The highest BCUT2D eigenvalue weighted by Gasteiger charge is 2.21. The molecule has 6 heteroatoms. The van der Waals surface area contributed by atoms with Crippen LogP contribution in [0.1, 0.15) is 20.8 Å². The van der Waals surface area contributed by atoms with E-state index >= 15 is 0 Å². The van der Waals surface area contributed by atoms with Gasteiger partial charge in [-0.05, 0) is 30.3 Å². The Balaban J connectivity index is 2.04. The smallest absolute Gasteiger partial charge is 0.230 e. The van der Waals surface area contributed by atoms with E-state index in [1.807, 2.05) is 45.0 Å². The van der Waals surface area contributed by atoms with Gasteiger partial charge < -0.3 is 10.6 Å². The molecule has 2 N–H and O–H groups in total. The van der Waals surface area contributed by atoms with Crippen molar-refractivity contribution in [1.29, 1.82) is 0 Å². The Hall–Kier alpha value is -1.95. The molecule has 1 aromatic heterocycles. The molecule has 5 nitrogen and oxygen atoms in total. The molecule has 0 saturated heterocycles. The molecule has 0 aliphatic carbocycles. The lowest BCUT2D eigenvalue weighted by molar-refractivity contribution is -0.123. The summed E-state index contributed by atoms with van der Waals surface area (Å²) in [4.78, 5) is 11.8. The summed E-state index contributed by atoms with van der Waals surface area (Å²) in [5.41, 5.74) is 0.444. The highest BCUT2D eigenvalue weighted by atomic mass is 79.9. The van der Waals surface area contributed by atoms with Crippen LogP contribution in [0.15, 0.2) is 40.9 Å². The molecule has 2 aromatic rings. The van der Waals surface area contributed by atoms with Crippen molar-refractivity contribution in [3.8, 4) is 0 Å². The minimum absolute atomic E-state index is 0.0931. The van der Waals surface area contributed by atoms with Gasteiger partial charge in [0.15, 0.2) is 11.6 Å². The average Bonchev–Trinajstić information content (AvgIpc) is 2.40. The molecule has 0 aliphatic heterocycles. The minimum Gasteiger partial charge on any atom is -0.339 e. The molecule has 0 spiro atoms. The second-order valence-corrected chi connectivity index (χ2v) is 6.56. The van der Waals surface area contributed by atoms with Gasteiger partial charge in [0.1, 0.15) is 0 Å². The summed E-state index contributed by atoms with van der Waals surface area (Å²) in [6, 6.07) is 11.2. The Morgan fingerprint density at radius 3 is 2.33 bits per heavy atom. The van der Waals surface area contributed by atoms with Crippen molar-refractivity contribution in [2.24, 2.45) is 5.41 Å². The molecule has 1 heterocycles. The van der Waals surface area contributed by atoms with Gasteiger partial charge in [0, 0.05) is 15.6 Å². The fraction of sp³-hybridized carbons (Fsp3) is 0.267. The summed E-state index contributed by atoms with van der Waals surface area (Å²) < 4.78 is 0.981. The summed E-state index contributed by atoms with van der Waals surface area (Å²) in [5.74, 6) is 0.959. The quantitative estimate of drug-likeness (QED) is 0.880. The molecule has 0 radical (unpaired) electrons. The third kappa shape index (κ3) is 4.53. The van der Waals surface area contributed by atoms with Crippen molar-refractivity contribution >= 4 is 39.2 Å². The molecule has 0 unspecified atom stereocenters. The molecular formula is C15H17BrN4O. The number of carbonyl (C=O) groups excluding carboxylic acids is 1. The van der Waals surface area contributed by atoms with Crippen LogP contribution >= 0.6 is 15.9 Å². The Labute approximate surface area is 132 Å². The van der Waals surface area contributed by atoms with Crippen molar-refractivity contribution in [3.63, 3.8) is 0 Å². The van der Waals surface area contributed by atoms with Crippen LogP contribution in [0.5, 0.6) is 0 Å². The van der Waals surface area contributed by atoms with Crippen LogP contribution in [0, 0.1) is 5.41 Å². The molecule has 0 atom stereocenters. The van der Waals surface area contributed by atoms with Crippen LogP contribution in [0.3, 0.4) is 0 Å². The van der Waals surface area contributed by atoms with E-state index in [4.69, 9.17) is 0 Å². The predicted molar refractivity (Wildman–Crippen MR) is 87.5 cm³/mol. The van der Waals surface area contributed by atoms with E-state index in [-0.39, 0.29) is 5.91 Å². The molecule has 0 aliphatic rings. The average molecular weight is 349 g/mol. The van der Waals surface area contributed by atoms with Crippen LogP contribution in [0.4, 0.5) is 17.3 Å². The topological polar surface area (TPSA) is 66.9 Å². The number of benzene rings is 1. The standard InChI is InChI=1S/C15H17BrN4O/c1-15(2,3)14(21)18-13-8-7-12(19-20-13)17-11-6-4-5-10(16)9-11/h4-9H,1-3H3,(H,17,19)(H,18,20,21). The number of nitrogens with one attached hydrogen (secondary N) is 2. The van der Waals surface area contributed by atoms with E-state index in [1.165, 1.54) is 0 Å².